The van der Waals surface area contributed by atoms with Gasteiger partial charge in [0.25, 0.3) is 0 Å². The second kappa shape index (κ2) is 4.61. The molecule has 0 aliphatic heterocycles. The molecule has 19 heavy (non-hydrogen) atoms. The molecule has 0 aliphatic carbocycles. The second-order valence-electron chi connectivity index (χ2n) is 4.12. The average molecular weight is 255 g/mol. The molecule has 0 saturated carbocycles. The maximum absolute atomic E-state index is 5.92. The number of pyridine rings is 1. The summed E-state index contributed by atoms with van der Waals surface area (Å²) in [6, 6.07) is 5.61. The van der Waals surface area contributed by atoms with Crippen molar-refractivity contribution in [3.63, 3.8) is 0 Å². The molecule has 0 unspecified atom stereocenters. The van der Waals surface area contributed by atoms with Crippen LogP contribution in [0.5, 0.6) is 0 Å². The first-order valence-corrected chi connectivity index (χ1v) is 6.03. The molecule has 3 aromatic heterocycles. The number of nitrogens with two attached hydrogens (primary N) is 1. The molecule has 5 heteroatoms. The fourth-order valence-corrected chi connectivity index (χ4v) is 2.10. The minimum atomic E-state index is 0.365. The van der Waals surface area contributed by atoms with Crippen LogP contribution in [-0.2, 0) is 6.42 Å². The van der Waals surface area contributed by atoms with E-state index in [1.807, 2.05) is 25.1 Å². The summed E-state index contributed by atoms with van der Waals surface area (Å²) >= 11 is 0. The van der Waals surface area contributed by atoms with Crippen LogP contribution < -0.4 is 5.73 Å². The van der Waals surface area contributed by atoms with Crippen LogP contribution in [0.3, 0.4) is 0 Å². The lowest BCUT2D eigenvalue weighted by Gasteiger charge is -2.01. The Labute approximate surface area is 110 Å². The summed E-state index contributed by atoms with van der Waals surface area (Å²) in [4.78, 5) is 4.00. The highest BCUT2D eigenvalue weighted by molar-refractivity contribution is 5.86. The summed E-state index contributed by atoms with van der Waals surface area (Å²) in [6.07, 6.45) is 5.84. The van der Waals surface area contributed by atoms with Crippen LogP contribution in [0.15, 0.2) is 45.8 Å². The van der Waals surface area contributed by atoms with Gasteiger partial charge >= 0.3 is 0 Å². The average Bonchev–Trinajstić information content (AvgIpc) is 3.05. The summed E-state index contributed by atoms with van der Waals surface area (Å²) in [5.41, 5.74) is 8.50. The Morgan fingerprint density at radius 2 is 2.00 bits per heavy atom. The normalized spacial score (nSPS) is 10.8. The van der Waals surface area contributed by atoms with Gasteiger partial charge in [0.1, 0.15) is 5.76 Å². The van der Waals surface area contributed by atoms with Crippen LogP contribution >= 0.6 is 0 Å². The van der Waals surface area contributed by atoms with Crippen molar-refractivity contribution < 1.29 is 8.94 Å². The number of anilines is 1. The van der Waals surface area contributed by atoms with Crippen LogP contribution in [0.1, 0.15) is 12.7 Å². The van der Waals surface area contributed by atoms with Gasteiger partial charge in [-0.25, -0.2) is 0 Å². The van der Waals surface area contributed by atoms with Crippen molar-refractivity contribution >= 4 is 5.82 Å². The van der Waals surface area contributed by atoms with E-state index in [-0.39, 0.29) is 0 Å². The minimum Gasteiger partial charge on any atom is -0.469 e. The summed E-state index contributed by atoms with van der Waals surface area (Å²) in [7, 11) is 0. The van der Waals surface area contributed by atoms with Gasteiger partial charge in [-0.2, -0.15) is 0 Å². The molecule has 0 bridgehead atoms. The van der Waals surface area contributed by atoms with Crippen molar-refractivity contribution in [2.24, 2.45) is 0 Å². The minimum absolute atomic E-state index is 0.365. The predicted molar refractivity (Wildman–Crippen MR) is 71.2 cm³/mol. The third-order valence-corrected chi connectivity index (χ3v) is 3.00. The number of hydrogen-bond acceptors (Lipinski definition) is 5. The van der Waals surface area contributed by atoms with Crippen molar-refractivity contribution in [1.82, 2.24) is 10.1 Å². The molecular formula is C14H13N3O2. The van der Waals surface area contributed by atoms with Crippen LogP contribution in [0.2, 0.25) is 0 Å². The standard InChI is InChI=1S/C14H13N3O2/c1-2-11-10(5-8-18-11)13-12(14(15)17-19-13)9-3-6-16-7-4-9/h3-8H,2H2,1H3,(H2,15,17). The first-order valence-electron chi connectivity index (χ1n) is 6.03. The van der Waals surface area contributed by atoms with Crippen molar-refractivity contribution in [2.45, 2.75) is 13.3 Å². The number of rotatable bonds is 3. The quantitative estimate of drug-likeness (QED) is 0.777. The summed E-state index contributed by atoms with van der Waals surface area (Å²) in [5.74, 6) is 1.85. The van der Waals surface area contributed by atoms with Gasteiger partial charge in [-0.15, -0.1) is 0 Å². The molecule has 96 valence electrons. The van der Waals surface area contributed by atoms with E-state index in [1.54, 1.807) is 18.7 Å². The molecular weight excluding hydrogens is 242 g/mol. The monoisotopic (exact) mass is 255 g/mol. The van der Waals surface area contributed by atoms with Gasteiger partial charge in [0.2, 0.25) is 0 Å². The van der Waals surface area contributed by atoms with E-state index in [4.69, 9.17) is 14.7 Å². The summed E-state index contributed by atoms with van der Waals surface area (Å²) in [6.45, 7) is 2.02. The number of furan rings is 1. The van der Waals surface area contributed by atoms with E-state index in [0.717, 1.165) is 28.9 Å². The molecule has 3 aromatic rings. The molecule has 0 spiro atoms. The van der Waals surface area contributed by atoms with E-state index in [0.29, 0.717) is 11.6 Å². The van der Waals surface area contributed by atoms with E-state index >= 15 is 0 Å². The number of aromatic nitrogens is 2. The predicted octanol–water partition coefficient (Wildman–Crippen LogP) is 3.14. The third-order valence-electron chi connectivity index (χ3n) is 3.00. The summed E-state index contributed by atoms with van der Waals surface area (Å²) in [5, 5.41) is 3.87. The number of nitrogen functional groups attached to an aromatic ring is 1. The van der Waals surface area contributed by atoms with Crippen molar-refractivity contribution in [3.8, 4) is 22.5 Å². The lowest BCUT2D eigenvalue weighted by molar-refractivity contribution is 0.433. The molecule has 0 aromatic carbocycles. The molecule has 5 nitrogen and oxygen atoms in total. The Kier molecular flexibility index (Phi) is 2.79. The van der Waals surface area contributed by atoms with E-state index in [1.165, 1.54) is 0 Å². The molecule has 0 radical (unpaired) electrons. The van der Waals surface area contributed by atoms with Crippen molar-refractivity contribution in [2.75, 3.05) is 5.73 Å². The van der Waals surface area contributed by atoms with Crippen LogP contribution in [0, 0.1) is 0 Å². The first kappa shape index (κ1) is 11.5. The zero-order valence-electron chi connectivity index (χ0n) is 10.5. The van der Waals surface area contributed by atoms with Gasteiger partial charge in [-0.3, -0.25) is 4.98 Å². The third kappa shape index (κ3) is 1.89. The van der Waals surface area contributed by atoms with Crippen LogP contribution in [-0.4, -0.2) is 10.1 Å². The lowest BCUT2D eigenvalue weighted by atomic mass is 10.0. The highest BCUT2D eigenvalue weighted by Gasteiger charge is 2.20. The Hall–Kier alpha value is -2.56. The van der Waals surface area contributed by atoms with Gasteiger partial charge < -0.3 is 14.7 Å². The lowest BCUT2D eigenvalue weighted by Crippen LogP contribution is -1.89. The maximum atomic E-state index is 5.92. The first-order chi connectivity index (χ1) is 9.31. The molecule has 0 saturated heterocycles. The smallest absolute Gasteiger partial charge is 0.180 e. The molecule has 0 atom stereocenters. The number of aryl methyl sites for hydroxylation is 1. The number of hydrogen-bond donors (Lipinski definition) is 1. The Morgan fingerprint density at radius 3 is 2.74 bits per heavy atom. The fraction of sp³-hybridized carbons (Fsp3) is 0.143. The van der Waals surface area contributed by atoms with Gasteiger partial charge in [0, 0.05) is 18.8 Å². The van der Waals surface area contributed by atoms with Crippen LogP contribution in [0.25, 0.3) is 22.5 Å². The molecule has 0 aliphatic rings. The van der Waals surface area contributed by atoms with Gasteiger partial charge in [0.05, 0.1) is 17.4 Å². The topological polar surface area (TPSA) is 78.1 Å². The van der Waals surface area contributed by atoms with E-state index in [9.17, 15) is 0 Å². The van der Waals surface area contributed by atoms with E-state index < -0.39 is 0 Å². The summed E-state index contributed by atoms with van der Waals surface area (Å²) < 4.78 is 10.8. The molecule has 3 rings (SSSR count). The second-order valence-corrected chi connectivity index (χ2v) is 4.12. The Morgan fingerprint density at radius 1 is 1.21 bits per heavy atom. The van der Waals surface area contributed by atoms with E-state index in [2.05, 4.69) is 10.1 Å². The maximum Gasteiger partial charge on any atom is 0.180 e. The molecule has 2 N–H and O–H groups in total. The van der Waals surface area contributed by atoms with Crippen molar-refractivity contribution in [1.29, 1.82) is 0 Å². The number of nitrogens with zero attached hydrogens (tertiary/aromatic N) is 2. The Balaban J connectivity index is 2.20. The highest BCUT2D eigenvalue weighted by Crippen LogP contribution is 2.38. The molecule has 0 fully saturated rings. The zero-order valence-corrected chi connectivity index (χ0v) is 10.5. The molecule has 0 amide bonds. The van der Waals surface area contributed by atoms with Crippen molar-refractivity contribution in [3.05, 3.63) is 42.6 Å². The largest absolute Gasteiger partial charge is 0.469 e. The van der Waals surface area contributed by atoms with Gasteiger partial charge in [-0.05, 0) is 23.8 Å². The fourth-order valence-electron chi connectivity index (χ4n) is 2.10. The van der Waals surface area contributed by atoms with Gasteiger partial charge in [-0.1, -0.05) is 12.1 Å². The van der Waals surface area contributed by atoms with Crippen LogP contribution in [0.4, 0.5) is 5.82 Å². The van der Waals surface area contributed by atoms with Gasteiger partial charge in [0.15, 0.2) is 11.6 Å². The highest BCUT2D eigenvalue weighted by atomic mass is 16.5. The molecule has 3 heterocycles. The zero-order chi connectivity index (χ0) is 13.2. The Bertz CT molecular complexity index is 686. The SMILES string of the molecule is CCc1occc1-c1onc(N)c1-c1ccncc1.